The molecule has 0 bridgehead atoms. The van der Waals surface area contributed by atoms with E-state index in [0.717, 1.165) is 11.1 Å². The first kappa shape index (κ1) is 9.69. The predicted octanol–water partition coefficient (Wildman–Crippen LogP) is 0.970. The lowest BCUT2D eigenvalue weighted by Crippen LogP contribution is -2.23. The predicted molar refractivity (Wildman–Crippen MR) is 52.9 cm³/mol. The highest BCUT2D eigenvalue weighted by atomic mass is 16.5. The van der Waals surface area contributed by atoms with E-state index in [1.54, 1.807) is 6.07 Å². The first-order valence-corrected chi connectivity index (χ1v) is 4.66. The molecule has 1 heterocycles. The van der Waals surface area contributed by atoms with E-state index in [0.29, 0.717) is 18.8 Å². The number of benzene rings is 1. The number of rotatable bonds is 2. The number of amides is 1. The lowest BCUT2D eigenvalue weighted by atomic mass is 10.1. The molecule has 1 aliphatic rings. The molecular weight excluding hydrogens is 192 g/mol. The van der Waals surface area contributed by atoms with Crippen LogP contribution in [-0.4, -0.2) is 12.5 Å². The number of nitriles is 1. The van der Waals surface area contributed by atoms with Crippen LogP contribution < -0.4 is 5.32 Å². The molecule has 1 aromatic rings. The molecule has 0 aromatic heterocycles. The normalized spacial score (nSPS) is 13.0. The van der Waals surface area contributed by atoms with Gasteiger partial charge >= 0.3 is 0 Å². The van der Waals surface area contributed by atoms with Gasteiger partial charge in [0.1, 0.15) is 6.54 Å². The van der Waals surface area contributed by atoms with Crippen molar-refractivity contribution in [2.75, 3.05) is 6.54 Å². The number of ether oxygens (including phenoxy) is 1. The van der Waals surface area contributed by atoms with Gasteiger partial charge in [-0.2, -0.15) is 5.26 Å². The second kappa shape index (κ2) is 4.11. The van der Waals surface area contributed by atoms with Crippen LogP contribution in [-0.2, 0) is 18.0 Å². The first-order chi connectivity index (χ1) is 7.31. The molecule has 76 valence electrons. The van der Waals surface area contributed by atoms with Crippen molar-refractivity contribution < 1.29 is 9.53 Å². The molecule has 1 amide bonds. The van der Waals surface area contributed by atoms with Gasteiger partial charge in [-0.15, -0.1) is 0 Å². The molecule has 1 aliphatic heterocycles. The van der Waals surface area contributed by atoms with Gasteiger partial charge in [-0.1, -0.05) is 6.07 Å². The maximum atomic E-state index is 11.5. The van der Waals surface area contributed by atoms with E-state index in [4.69, 9.17) is 10.00 Å². The topological polar surface area (TPSA) is 62.1 Å². The first-order valence-electron chi connectivity index (χ1n) is 4.66. The summed E-state index contributed by atoms with van der Waals surface area (Å²) in [7, 11) is 0. The van der Waals surface area contributed by atoms with E-state index in [2.05, 4.69) is 5.32 Å². The summed E-state index contributed by atoms with van der Waals surface area (Å²) in [5, 5.41) is 10.8. The Morgan fingerprint density at radius 1 is 1.47 bits per heavy atom. The molecule has 1 aromatic carbocycles. The third-order valence-corrected chi connectivity index (χ3v) is 2.31. The van der Waals surface area contributed by atoms with Crippen molar-refractivity contribution in [3.8, 4) is 6.07 Å². The summed E-state index contributed by atoms with van der Waals surface area (Å²) in [5.74, 6) is -0.216. The Balaban J connectivity index is 2.16. The SMILES string of the molecule is N#CCNC(=O)c1ccc2c(c1)COC2. The van der Waals surface area contributed by atoms with E-state index < -0.39 is 0 Å². The van der Waals surface area contributed by atoms with Crippen molar-refractivity contribution in [1.82, 2.24) is 5.32 Å². The van der Waals surface area contributed by atoms with E-state index in [-0.39, 0.29) is 12.5 Å². The Morgan fingerprint density at radius 3 is 3.07 bits per heavy atom. The summed E-state index contributed by atoms with van der Waals surface area (Å²) >= 11 is 0. The number of carbonyl (C=O) groups is 1. The highest BCUT2D eigenvalue weighted by Gasteiger charge is 2.13. The van der Waals surface area contributed by atoms with Crippen LogP contribution in [0, 0.1) is 11.3 Å². The smallest absolute Gasteiger partial charge is 0.252 e. The Bertz CT molecular complexity index is 435. The molecule has 0 saturated carbocycles. The zero-order valence-electron chi connectivity index (χ0n) is 8.12. The second-order valence-corrected chi connectivity index (χ2v) is 3.32. The summed E-state index contributed by atoms with van der Waals surface area (Å²) in [4.78, 5) is 11.5. The van der Waals surface area contributed by atoms with Crippen LogP contribution in [0.25, 0.3) is 0 Å². The zero-order valence-corrected chi connectivity index (χ0v) is 8.12. The number of nitrogens with one attached hydrogen (secondary N) is 1. The fraction of sp³-hybridized carbons (Fsp3) is 0.273. The number of fused-ring (bicyclic) bond motifs is 1. The molecule has 0 aliphatic carbocycles. The van der Waals surface area contributed by atoms with Crippen LogP contribution in [0.1, 0.15) is 21.5 Å². The van der Waals surface area contributed by atoms with Crippen LogP contribution in [0.3, 0.4) is 0 Å². The van der Waals surface area contributed by atoms with E-state index in [1.807, 2.05) is 18.2 Å². The van der Waals surface area contributed by atoms with Crippen molar-refractivity contribution >= 4 is 5.91 Å². The minimum absolute atomic E-state index is 0.0341. The van der Waals surface area contributed by atoms with E-state index >= 15 is 0 Å². The molecule has 4 heteroatoms. The third kappa shape index (κ3) is 1.97. The largest absolute Gasteiger partial charge is 0.372 e. The lowest BCUT2D eigenvalue weighted by molar-refractivity contribution is 0.0958. The van der Waals surface area contributed by atoms with Gasteiger partial charge in [-0.05, 0) is 23.3 Å². The van der Waals surface area contributed by atoms with Gasteiger partial charge in [0.15, 0.2) is 0 Å². The molecule has 0 atom stereocenters. The standard InChI is InChI=1S/C11H10N2O2/c12-3-4-13-11(14)8-1-2-9-6-15-7-10(9)5-8/h1-2,5H,4,6-7H2,(H,13,14). The molecule has 2 rings (SSSR count). The highest BCUT2D eigenvalue weighted by molar-refractivity contribution is 5.94. The minimum Gasteiger partial charge on any atom is -0.372 e. The van der Waals surface area contributed by atoms with Gasteiger partial charge in [-0.25, -0.2) is 0 Å². The van der Waals surface area contributed by atoms with E-state index in [1.165, 1.54) is 0 Å². The average Bonchev–Trinajstić information content (AvgIpc) is 2.72. The maximum Gasteiger partial charge on any atom is 0.252 e. The summed E-state index contributed by atoms with van der Waals surface area (Å²) < 4.78 is 5.25. The monoisotopic (exact) mass is 202 g/mol. The second-order valence-electron chi connectivity index (χ2n) is 3.32. The van der Waals surface area contributed by atoms with Crippen molar-refractivity contribution in [3.05, 3.63) is 34.9 Å². The molecule has 0 fully saturated rings. The average molecular weight is 202 g/mol. The van der Waals surface area contributed by atoms with Crippen molar-refractivity contribution in [2.45, 2.75) is 13.2 Å². The Hall–Kier alpha value is -1.86. The molecule has 0 saturated heterocycles. The molecule has 0 spiro atoms. The van der Waals surface area contributed by atoms with Crippen LogP contribution in [0.15, 0.2) is 18.2 Å². The number of nitrogens with zero attached hydrogens (tertiary/aromatic N) is 1. The fourth-order valence-electron chi connectivity index (χ4n) is 1.54. The molecule has 4 nitrogen and oxygen atoms in total. The molecule has 15 heavy (non-hydrogen) atoms. The molecule has 1 N–H and O–H groups in total. The zero-order chi connectivity index (χ0) is 10.7. The van der Waals surface area contributed by atoms with Crippen LogP contribution in [0.2, 0.25) is 0 Å². The van der Waals surface area contributed by atoms with Gasteiger partial charge in [-0.3, -0.25) is 4.79 Å². The molecular formula is C11H10N2O2. The van der Waals surface area contributed by atoms with Gasteiger partial charge < -0.3 is 10.1 Å². The number of carbonyl (C=O) groups excluding carboxylic acids is 1. The highest BCUT2D eigenvalue weighted by Crippen LogP contribution is 2.20. The lowest BCUT2D eigenvalue weighted by Gasteiger charge is -2.02. The Labute approximate surface area is 87.5 Å². The van der Waals surface area contributed by atoms with Gasteiger partial charge in [0.05, 0.1) is 19.3 Å². The van der Waals surface area contributed by atoms with Gasteiger partial charge in [0.2, 0.25) is 0 Å². The minimum atomic E-state index is -0.216. The van der Waals surface area contributed by atoms with Gasteiger partial charge in [0.25, 0.3) is 5.91 Å². The maximum absolute atomic E-state index is 11.5. The molecule has 0 unspecified atom stereocenters. The summed E-state index contributed by atoms with van der Waals surface area (Å²) in [6.07, 6.45) is 0. The quantitative estimate of drug-likeness (QED) is 0.727. The van der Waals surface area contributed by atoms with Crippen LogP contribution in [0.4, 0.5) is 0 Å². The van der Waals surface area contributed by atoms with Crippen molar-refractivity contribution in [2.24, 2.45) is 0 Å². The number of hydrogen-bond acceptors (Lipinski definition) is 3. The van der Waals surface area contributed by atoms with Crippen molar-refractivity contribution in [1.29, 1.82) is 5.26 Å². The van der Waals surface area contributed by atoms with E-state index in [9.17, 15) is 4.79 Å². The summed E-state index contributed by atoms with van der Waals surface area (Å²) in [6, 6.07) is 7.32. The summed E-state index contributed by atoms with van der Waals surface area (Å²) in [6.45, 7) is 1.22. The van der Waals surface area contributed by atoms with Crippen molar-refractivity contribution in [3.63, 3.8) is 0 Å². The third-order valence-electron chi connectivity index (χ3n) is 2.31. The Kier molecular flexibility index (Phi) is 2.66. The van der Waals surface area contributed by atoms with Gasteiger partial charge in [0, 0.05) is 5.56 Å². The molecule has 0 radical (unpaired) electrons. The Morgan fingerprint density at radius 2 is 2.27 bits per heavy atom. The fourth-order valence-corrected chi connectivity index (χ4v) is 1.54. The van der Waals surface area contributed by atoms with Crippen LogP contribution >= 0.6 is 0 Å². The summed E-state index contributed by atoms with van der Waals surface area (Å²) in [5.41, 5.74) is 2.76. The number of hydrogen-bond donors (Lipinski definition) is 1. The van der Waals surface area contributed by atoms with Crippen LogP contribution in [0.5, 0.6) is 0 Å².